The van der Waals surface area contributed by atoms with Crippen molar-refractivity contribution in [2.45, 2.75) is 32.6 Å². The minimum Gasteiger partial charge on any atom is -0.493 e. The lowest BCUT2D eigenvalue weighted by atomic mass is 9.95. The number of fused-ring (bicyclic) bond motifs is 1. The van der Waals surface area contributed by atoms with Crippen LogP contribution < -0.4 is 10.1 Å². The number of hydrogen-bond acceptors (Lipinski definition) is 4. The SMILES string of the molecule is CCCS(=O)(=O)N1CCC[C@@H](C(=O)NC[C@@H]2COc3ccccc3C2)C1. The highest BCUT2D eigenvalue weighted by atomic mass is 32.2. The molecular formula is C19H28N2O4S. The van der Waals surface area contributed by atoms with Crippen LogP contribution in [0.25, 0.3) is 0 Å². The van der Waals surface area contributed by atoms with Crippen molar-refractivity contribution in [1.29, 1.82) is 0 Å². The fourth-order valence-electron chi connectivity index (χ4n) is 3.71. The number of nitrogens with one attached hydrogen (secondary N) is 1. The van der Waals surface area contributed by atoms with E-state index in [1.165, 1.54) is 9.87 Å². The van der Waals surface area contributed by atoms with Crippen LogP contribution in [0.4, 0.5) is 0 Å². The van der Waals surface area contributed by atoms with Crippen LogP contribution in [0.15, 0.2) is 24.3 Å². The summed E-state index contributed by atoms with van der Waals surface area (Å²) in [6.07, 6.45) is 2.96. The Morgan fingerprint density at radius 3 is 2.96 bits per heavy atom. The topological polar surface area (TPSA) is 75.7 Å². The Morgan fingerprint density at radius 1 is 1.35 bits per heavy atom. The van der Waals surface area contributed by atoms with Crippen molar-refractivity contribution >= 4 is 15.9 Å². The average Bonchev–Trinajstić information content (AvgIpc) is 2.66. The molecule has 6 nitrogen and oxygen atoms in total. The van der Waals surface area contributed by atoms with E-state index in [0.29, 0.717) is 32.7 Å². The van der Waals surface area contributed by atoms with E-state index >= 15 is 0 Å². The Bertz CT molecular complexity index is 735. The molecule has 26 heavy (non-hydrogen) atoms. The summed E-state index contributed by atoms with van der Waals surface area (Å²) in [6.45, 7) is 3.85. The first kappa shape index (κ1) is 19.2. The van der Waals surface area contributed by atoms with Crippen molar-refractivity contribution in [3.8, 4) is 5.75 Å². The number of rotatable bonds is 6. The van der Waals surface area contributed by atoms with E-state index in [1.807, 2.05) is 25.1 Å². The smallest absolute Gasteiger partial charge is 0.224 e. The highest BCUT2D eigenvalue weighted by Crippen LogP contribution is 2.26. The second kappa shape index (κ2) is 8.39. The first-order chi connectivity index (χ1) is 12.5. The van der Waals surface area contributed by atoms with Gasteiger partial charge in [-0.1, -0.05) is 25.1 Å². The highest BCUT2D eigenvalue weighted by molar-refractivity contribution is 7.89. The zero-order valence-corrected chi connectivity index (χ0v) is 16.1. The second-order valence-corrected chi connectivity index (χ2v) is 9.34. The first-order valence-corrected chi connectivity index (χ1v) is 11.1. The first-order valence-electron chi connectivity index (χ1n) is 9.46. The highest BCUT2D eigenvalue weighted by Gasteiger charge is 2.32. The number of para-hydroxylation sites is 1. The molecule has 0 aliphatic carbocycles. The molecule has 3 rings (SSSR count). The largest absolute Gasteiger partial charge is 0.493 e. The third-order valence-corrected chi connectivity index (χ3v) is 7.17. The molecule has 144 valence electrons. The monoisotopic (exact) mass is 380 g/mol. The molecule has 0 saturated carbocycles. The fourth-order valence-corrected chi connectivity index (χ4v) is 5.30. The fraction of sp³-hybridized carbons (Fsp3) is 0.632. The van der Waals surface area contributed by atoms with Gasteiger partial charge in [0.25, 0.3) is 0 Å². The molecule has 0 bridgehead atoms. The average molecular weight is 381 g/mol. The number of carbonyl (C=O) groups is 1. The van der Waals surface area contributed by atoms with Gasteiger partial charge in [-0.05, 0) is 37.3 Å². The Hall–Kier alpha value is -1.60. The number of benzene rings is 1. The van der Waals surface area contributed by atoms with Crippen LogP contribution in [0.1, 0.15) is 31.7 Å². The van der Waals surface area contributed by atoms with Crippen molar-refractivity contribution in [3.63, 3.8) is 0 Å². The van der Waals surface area contributed by atoms with Gasteiger partial charge < -0.3 is 10.1 Å². The second-order valence-electron chi connectivity index (χ2n) is 7.25. The predicted molar refractivity (Wildman–Crippen MR) is 101 cm³/mol. The molecule has 1 aromatic rings. The van der Waals surface area contributed by atoms with E-state index in [1.54, 1.807) is 0 Å². The van der Waals surface area contributed by atoms with Crippen LogP contribution >= 0.6 is 0 Å². The van der Waals surface area contributed by atoms with Crippen LogP contribution in [0.5, 0.6) is 5.75 Å². The van der Waals surface area contributed by atoms with E-state index < -0.39 is 10.0 Å². The van der Waals surface area contributed by atoms with Gasteiger partial charge in [0.1, 0.15) is 5.75 Å². The lowest BCUT2D eigenvalue weighted by Crippen LogP contribution is -2.47. The number of piperidine rings is 1. The Kier molecular flexibility index (Phi) is 6.19. The maximum Gasteiger partial charge on any atom is 0.224 e. The molecule has 1 aromatic carbocycles. The van der Waals surface area contributed by atoms with Gasteiger partial charge in [-0.25, -0.2) is 12.7 Å². The lowest BCUT2D eigenvalue weighted by Gasteiger charge is -2.32. The van der Waals surface area contributed by atoms with Gasteiger partial charge in [0.2, 0.25) is 15.9 Å². The third-order valence-electron chi connectivity index (χ3n) is 5.13. The molecule has 0 aromatic heterocycles. The summed E-state index contributed by atoms with van der Waals surface area (Å²) in [5.41, 5.74) is 1.17. The summed E-state index contributed by atoms with van der Waals surface area (Å²) >= 11 is 0. The minimum atomic E-state index is -3.24. The summed E-state index contributed by atoms with van der Waals surface area (Å²) < 4.78 is 31.8. The molecular weight excluding hydrogens is 352 g/mol. The zero-order valence-electron chi connectivity index (χ0n) is 15.3. The lowest BCUT2D eigenvalue weighted by molar-refractivity contribution is -0.126. The van der Waals surface area contributed by atoms with E-state index in [2.05, 4.69) is 11.4 Å². The Morgan fingerprint density at radius 2 is 2.15 bits per heavy atom. The van der Waals surface area contributed by atoms with E-state index in [9.17, 15) is 13.2 Å². The van der Waals surface area contributed by atoms with Crippen molar-refractivity contribution in [1.82, 2.24) is 9.62 Å². The molecule has 2 aliphatic heterocycles. The number of hydrogen-bond donors (Lipinski definition) is 1. The number of nitrogens with zero attached hydrogens (tertiary/aromatic N) is 1. The van der Waals surface area contributed by atoms with Crippen LogP contribution in [0.2, 0.25) is 0 Å². The van der Waals surface area contributed by atoms with Crippen molar-refractivity contribution in [2.24, 2.45) is 11.8 Å². The maximum atomic E-state index is 12.5. The van der Waals surface area contributed by atoms with Crippen LogP contribution in [-0.4, -0.2) is 50.6 Å². The molecule has 1 saturated heterocycles. The van der Waals surface area contributed by atoms with Gasteiger partial charge in [-0.2, -0.15) is 0 Å². The van der Waals surface area contributed by atoms with E-state index in [4.69, 9.17) is 4.74 Å². The summed E-state index contributed by atoms with van der Waals surface area (Å²) in [5.74, 6) is 1.03. The zero-order chi connectivity index (χ0) is 18.6. The van der Waals surface area contributed by atoms with Gasteiger partial charge >= 0.3 is 0 Å². The third kappa shape index (κ3) is 4.57. The van der Waals surface area contributed by atoms with Gasteiger partial charge in [0.15, 0.2) is 0 Å². The summed E-state index contributed by atoms with van der Waals surface area (Å²) in [4.78, 5) is 12.5. The van der Waals surface area contributed by atoms with Gasteiger partial charge in [0, 0.05) is 25.6 Å². The molecule has 1 N–H and O–H groups in total. The molecule has 0 unspecified atom stereocenters. The number of amides is 1. The molecule has 0 spiro atoms. The predicted octanol–water partition coefficient (Wildman–Crippen LogP) is 1.81. The normalized spacial score (nSPS) is 23.7. The Balaban J connectivity index is 1.51. The standard InChI is InChI=1S/C19H28N2O4S/c1-2-10-26(23,24)21-9-5-7-17(13-21)19(22)20-12-15-11-16-6-3-4-8-18(16)25-14-15/h3-4,6,8,15,17H,2,5,7,9-14H2,1H3,(H,20,22)/t15-,17-/m1/s1. The molecule has 2 atom stereocenters. The van der Waals surface area contributed by atoms with E-state index in [0.717, 1.165) is 25.0 Å². The molecule has 1 amide bonds. The quantitative estimate of drug-likeness (QED) is 0.817. The molecule has 2 heterocycles. The van der Waals surface area contributed by atoms with Gasteiger partial charge in [0.05, 0.1) is 18.3 Å². The number of carbonyl (C=O) groups excluding carboxylic acids is 1. The molecule has 7 heteroatoms. The molecule has 2 aliphatic rings. The van der Waals surface area contributed by atoms with E-state index in [-0.39, 0.29) is 23.5 Å². The minimum absolute atomic E-state index is 0.0414. The van der Waals surface area contributed by atoms with Crippen LogP contribution in [0.3, 0.4) is 0 Å². The summed E-state index contributed by atoms with van der Waals surface area (Å²) in [7, 11) is -3.24. The maximum absolute atomic E-state index is 12.5. The van der Waals surface area contributed by atoms with Crippen molar-refractivity contribution in [3.05, 3.63) is 29.8 Å². The van der Waals surface area contributed by atoms with Crippen LogP contribution in [-0.2, 0) is 21.2 Å². The number of ether oxygens (including phenoxy) is 1. The summed E-state index contributed by atoms with van der Waals surface area (Å²) in [6, 6.07) is 7.98. The molecule has 0 radical (unpaired) electrons. The Labute approximate surface area is 156 Å². The van der Waals surface area contributed by atoms with Crippen molar-refractivity contribution < 1.29 is 17.9 Å². The van der Waals surface area contributed by atoms with Crippen LogP contribution in [0, 0.1) is 11.8 Å². The van der Waals surface area contributed by atoms with Gasteiger partial charge in [-0.3, -0.25) is 4.79 Å². The summed E-state index contributed by atoms with van der Waals surface area (Å²) in [5, 5.41) is 3.02. The number of sulfonamides is 1. The molecule has 1 fully saturated rings. The van der Waals surface area contributed by atoms with Crippen molar-refractivity contribution in [2.75, 3.05) is 32.0 Å². The van der Waals surface area contributed by atoms with Gasteiger partial charge in [-0.15, -0.1) is 0 Å².